The Morgan fingerprint density at radius 3 is 2.55 bits per heavy atom. The number of pyridine rings is 1. The van der Waals surface area contributed by atoms with Crippen molar-refractivity contribution in [1.29, 1.82) is 0 Å². The molecule has 2 rings (SSSR count). The average molecular weight is 294 g/mol. The Morgan fingerprint density at radius 2 is 2.00 bits per heavy atom. The van der Waals surface area contributed by atoms with Crippen LogP contribution in [0.1, 0.15) is 10.4 Å². The largest absolute Gasteiger partial charge is 0.507 e. The maximum absolute atomic E-state index is 12.0. The zero-order valence-corrected chi connectivity index (χ0v) is 10.8. The fourth-order valence-electron chi connectivity index (χ4n) is 1.50. The second kappa shape index (κ2) is 5.17. The summed E-state index contributed by atoms with van der Waals surface area (Å²) in [5.41, 5.74) is -0.259. The van der Waals surface area contributed by atoms with Crippen LogP contribution in [0.4, 0.5) is 5.69 Å². The highest BCUT2D eigenvalue weighted by Gasteiger charge is 2.16. The number of hydrogen-bond donors (Lipinski definition) is 3. The van der Waals surface area contributed by atoms with Crippen molar-refractivity contribution in [3.8, 4) is 5.75 Å². The van der Waals surface area contributed by atoms with Crippen LogP contribution in [-0.2, 0) is 10.0 Å². The summed E-state index contributed by atoms with van der Waals surface area (Å²) in [5, 5.41) is 18.3. The lowest BCUT2D eigenvalue weighted by molar-refractivity contribution is 0.0694. The van der Waals surface area contributed by atoms with E-state index in [0.717, 1.165) is 12.1 Å². The summed E-state index contributed by atoms with van der Waals surface area (Å²) in [5.74, 6) is -1.83. The van der Waals surface area contributed by atoms with E-state index in [0.29, 0.717) is 0 Å². The SMILES string of the molecule is O=C(O)c1ccc(NS(=O)(=O)c2cccnc2)cc1O. The number of carbonyl (C=O) groups is 1. The highest BCUT2D eigenvalue weighted by atomic mass is 32.2. The molecule has 1 aromatic carbocycles. The van der Waals surface area contributed by atoms with Gasteiger partial charge in [-0.25, -0.2) is 13.2 Å². The van der Waals surface area contributed by atoms with E-state index < -0.39 is 21.7 Å². The summed E-state index contributed by atoms with van der Waals surface area (Å²) in [6.07, 6.45) is 2.61. The summed E-state index contributed by atoms with van der Waals surface area (Å²) in [6.45, 7) is 0. The molecular weight excluding hydrogens is 284 g/mol. The molecule has 0 aliphatic carbocycles. The quantitative estimate of drug-likeness (QED) is 0.782. The lowest BCUT2D eigenvalue weighted by Gasteiger charge is -2.08. The van der Waals surface area contributed by atoms with E-state index in [-0.39, 0.29) is 16.1 Å². The second-order valence-corrected chi connectivity index (χ2v) is 5.51. The first-order valence-electron chi connectivity index (χ1n) is 5.39. The number of carboxylic acid groups (broad SMARTS) is 1. The molecule has 0 bridgehead atoms. The summed E-state index contributed by atoms with van der Waals surface area (Å²) < 4.78 is 26.2. The molecular formula is C12H10N2O5S. The highest BCUT2D eigenvalue weighted by molar-refractivity contribution is 7.92. The third-order valence-electron chi connectivity index (χ3n) is 2.43. The number of benzene rings is 1. The number of aromatic hydroxyl groups is 1. The lowest BCUT2D eigenvalue weighted by Crippen LogP contribution is -2.13. The average Bonchev–Trinajstić information content (AvgIpc) is 2.39. The first-order chi connectivity index (χ1) is 9.40. The predicted octanol–water partition coefficient (Wildman–Crippen LogP) is 1.29. The molecule has 20 heavy (non-hydrogen) atoms. The summed E-state index contributed by atoms with van der Waals surface area (Å²) in [6, 6.07) is 6.22. The van der Waals surface area contributed by atoms with Crippen LogP contribution in [0, 0.1) is 0 Å². The van der Waals surface area contributed by atoms with Crippen molar-refractivity contribution in [1.82, 2.24) is 4.98 Å². The molecule has 0 unspecified atom stereocenters. The molecule has 2 aromatic rings. The number of nitrogens with zero attached hydrogens (tertiary/aromatic N) is 1. The normalized spacial score (nSPS) is 11.0. The van der Waals surface area contributed by atoms with Gasteiger partial charge in [0.2, 0.25) is 0 Å². The van der Waals surface area contributed by atoms with Gasteiger partial charge in [0.05, 0.1) is 5.69 Å². The summed E-state index contributed by atoms with van der Waals surface area (Å²) in [4.78, 5) is 14.4. The molecule has 1 heterocycles. The molecule has 0 aliphatic rings. The summed E-state index contributed by atoms with van der Waals surface area (Å²) in [7, 11) is -3.83. The molecule has 0 spiro atoms. The summed E-state index contributed by atoms with van der Waals surface area (Å²) >= 11 is 0. The molecule has 0 atom stereocenters. The van der Waals surface area contributed by atoms with Crippen LogP contribution in [0.15, 0.2) is 47.6 Å². The molecule has 3 N–H and O–H groups in total. The van der Waals surface area contributed by atoms with Crippen LogP contribution in [0.5, 0.6) is 5.75 Å². The Bertz CT molecular complexity index is 744. The highest BCUT2D eigenvalue weighted by Crippen LogP contribution is 2.23. The number of carboxylic acids is 1. The van der Waals surface area contributed by atoms with Gasteiger partial charge in [-0.2, -0.15) is 0 Å². The molecule has 0 fully saturated rings. The van der Waals surface area contributed by atoms with Gasteiger partial charge in [-0.05, 0) is 24.3 Å². The standard InChI is InChI=1S/C12H10N2O5S/c15-11-6-8(3-4-10(11)12(16)17)14-20(18,19)9-2-1-5-13-7-9/h1-7,14-15H,(H,16,17). The molecule has 8 heteroatoms. The van der Waals surface area contributed by atoms with Crippen LogP contribution in [-0.4, -0.2) is 29.6 Å². The van der Waals surface area contributed by atoms with E-state index in [2.05, 4.69) is 9.71 Å². The molecule has 0 amide bonds. The van der Waals surface area contributed by atoms with E-state index >= 15 is 0 Å². The topological polar surface area (TPSA) is 117 Å². The van der Waals surface area contributed by atoms with E-state index in [1.165, 1.54) is 30.6 Å². The van der Waals surface area contributed by atoms with E-state index in [4.69, 9.17) is 5.11 Å². The molecule has 0 saturated carbocycles. The Balaban J connectivity index is 2.31. The van der Waals surface area contributed by atoms with Crippen molar-refractivity contribution >= 4 is 21.7 Å². The third-order valence-corrected chi connectivity index (χ3v) is 3.79. The van der Waals surface area contributed by atoms with Gasteiger partial charge in [0.15, 0.2) is 0 Å². The Morgan fingerprint density at radius 1 is 1.25 bits per heavy atom. The predicted molar refractivity (Wildman–Crippen MR) is 70.1 cm³/mol. The molecule has 104 valence electrons. The second-order valence-electron chi connectivity index (χ2n) is 3.83. The number of sulfonamides is 1. The minimum Gasteiger partial charge on any atom is -0.507 e. The van der Waals surface area contributed by atoms with Crippen molar-refractivity contribution in [2.75, 3.05) is 4.72 Å². The monoisotopic (exact) mass is 294 g/mol. The molecule has 7 nitrogen and oxygen atoms in total. The van der Waals surface area contributed by atoms with Crippen LogP contribution in [0.2, 0.25) is 0 Å². The number of anilines is 1. The van der Waals surface area contributed by atoms with Gasteiger partial charge < -0.3 is 10.2 Å². The van der Waals surface area contributed by atoms with Gasteiger partial charge in [-0.3, -0.25) is 9.71 Å². The van der Waals surface area contributed by atoms with Crippen LogP contribution in [0.25, 0.3) is 0 Å². The smallest absolute Gasteiger partial charge is 0.339 e. The van der Waals surface area contributed by atoms with Gasteiger partial charge in [-0.15, -0.1) is 0 Å². The van der Waals surface area contributed by atoms with Crippen molar-refractivity contribution < 1.29 is 23.4 Å². The fraction of sp³-hybridized carbons (Fsp3) is 0. The van der Waals surface area contributed by atoms with Crippen molar-refractivity contribution in [3.63, 3.8) is 0 Å². The number of rotatable bonds is 4. The zero-order valence-electron chi connectivity index (χ0n) is 10.0. The van der Waals surface area contributed by atoms with Crippen molar-refractivity contribution in [3.05, 3.63) is 48.3 Å². The van der Waals surface area contributed by atoms with Crippen LogP contribution in [0.3, 0.4) is 0 Å². The van der Waals surface area contributed by atoms with Crippen LogP contribution >= 0.6 is 0 Å². The minimum absolute atomic E-state index is 0.0400. The van der Waals surface area contributed by atoms with E-state index in [1.54, 1.807) is 0 Å². The number of aromatic carboxylic acids is 1. The first kappa shape index (κ1) is 13.8. The molecule has 1 aromatic heterocycles. The first-order valence-corrected chi connectivity index (χ1v) is 6.87. The molecule has 0 radical (unpaired) electrons. The van der Waals surface area contributed by atoms with E-state index in [9.17, 15) is 18.3 Å². The Hall–Kier alpha value is -2.61. The maximum Gasteiger partial charge on any atom is 0.339 e. The van der Waals surface area contributed by atoms with Crippen molar-refractivity contribution in [2.45, 2.75) is 4.90 Å². The van der Waals surface area contributed by atoms with Gasteiger partial charge in [0.25, 0.3) is 10.0 Å². The van der Waals surface area contributed by atoms with Crippen molar-refractivity contribution in [2.24, 2.45) is 0 Å². The number of aromatic nitrogens is 1. The fourth-order valence-corrected chi connectivity index (χ4v) is 2.51. The Kier molecular flexibility index (Phi) is 3.57. The van der Waals surface area contributed by atoms with E-state index in [1.807, 2.05) is 0 Å². The molecule has 0 saturated heterocycles. The zero-order chi connectivity index (χ0) is 14.8. The van der Waals surface area contributed by atoms with Gasteiger partial charge in [0, 0.05) is 18.5 Å². The Labute approximate surface area is 114 Å². The number of nitrogens with one attached hydrogen (secondary N) is 1. The van der Waals surface area contributed by atoms with Gasteiger partial charge >= 0.3 is 5.97 Å². The molecule has 0 aliphatic heterocycles. The third kappa shape index (κ3) is 2.86. The van der Waals surface area contributed by atoms with Gasteiger partial charge in [0.1, 0.15) is 16.2 Å². The maximum atomic E-state index is 12.0. The van der Waals surface area contributed by atoms with Gasteiger partial charge in [-0.1, -0.05) is 0 Å². The minimum atomic E-state index is -3.83. The number of hydrogen-bond acceptors (Lipinski definition) is 5. The van der Waals surface area contributed by atoms with Crippen LogP contribution < -0.4 is 4.72 Å². The number of phenols is 1. The lowest BCUT2D eigenvalue weighted by atomic mass is 10.2.